The van der Waals surface area contributed by atoms with Gasteiger partial charge in [-0.3, -0.25) is 14.2 Å². The average Bonchev–Trinajstić information content (AvgIpc) is 3.25. The first-order valence-electron chi connectivity index (χ1n) is 10.4. The van der Waals surface area contributed by atoms with Crippen LogP contribution in [-0.2, 0) is 17.8 Å². The second-order valence-corrected chi connectivity index (χ2v) is 9.02. The van der Waals surface area contributed by atoms with Gasteiger partial charge in [-0.05, 0) is 47.9 Å². The van der Waals surface area contributed by atoms with Crippen LogP contribution in [0, 0.1) is 0 Å². The number of thioether (sulfide) groups is 1. The van der Waals surface area contributed by atoms with Crippen LogP contribution in [0.5, 0.6) is 0 Å². The van der Waals surface area contributed by atoms with Crippen LogP contribution in [0.15, 0.2) is 82.7 Å². The quantitative estimate of drug-likeness (QED) is 0.317. The number of carbonyl (C=O) groups excluding carboxylic acids is 1. The lowest BCUT2D eigenvalue weighted by Crippen LogP contribution is -2.31. The van der Waals surface area contributed by atoms with E-state index in [-0.39, 0.29) is 17.2 Å². The lowest BCUT2D eigenvalue weighted by Gasteiger charge is -2.18. The lowest BCUT2D eigenvalue weighted by molar-refractivity contribution is -0.116. The second-order valence-electron chi connectivity index (χ2n) is 7.64. The number of aromatic nitrogens is 2. The van der Waals surface area contributed by atoms with Crippen molar-refractivity contribution in [1.82, 2.24) is 9.55 Å². The smallest absolute Gasteiger partial charge is 0.262 e. The molecule has 0 spiro atoms. The van der Waals surface area contributed by atoms with E-state index in [0.717, 1.165) is 17.7 Å². The number of halogens is 1. The molecule has 5 nitrogen and oxygen atoms in total. The Labute approximate surface area is 194 Å². The third kappa shape index (κ3) is 4.04. The van der Waals surface area contributed by atoms with Crippen LogP contribution in [0.1, 0.15) is 11.1 Å². The average molecular weight is 462 g/mol. The lowest BCUT2D eigenvalue weighted by atomic mass is 10.2. The summed E-state index contributed by atoms with van der Waals surface area (Å²) >= 11 is 7.31. The third-order valence-corrected chi connectivity index (χ3v) is 6.81. The molecule has 0 radical (unpaired) electrons. The second kappa shape index (κ2) is 8.81. The monoisotopic (exact) mass is 461 g/mol. The molecule has 0 saturated heterocycles. The number of hydrogen-bond acceptors (Lipinski definition) is 4. The van der Waals surface area contributed by atoms with Gasteiger partial charge in [0.05, 0.1) is 23.2 Å². The summed E-state index contributed by atoms with van der Waals surface area (Å²) in [4.78, 5) is 32.8. The Balaban J connectivity index is 1.45. The summed E-state index contributed by atoms with van der Waals surface area (Å²) in [5.74, 6) is 0.222. The number of nitrogens with zero attached hydrogens (tertiary/aromatic N) is 3. The third-order valence-electron chi connectivity index (χ3n) is 5.59. The molecule has 0 saturated carbocycles. The van der Waals surface area contributed by atoms with Gasteiger partial charge in [0.1, 0.15) is 0 Å². The molecule has 3 aromatic carbocycles. The van der Waals surface area contributed by atoms with Crippen molar-refractivity contribution in [3.63, 3.8) is 0 Å². The molecule has 0 bridgehead atoms. The Morgan fingerprint density at radius 1 is 1.00 bits per heavy atom. The molecule has 2 heterocycles. The van der Waals surface area contributed by atoms with Crippen molar-refractivity contribution in [2.24, 2.45) is 0 Å². The molecular formula is C25H20ClN3O2S. The molecule has 7 heteroatoms. The molecule has 0 atom stereocenters. The highest BCUT2D eigenvalue weighted by molar-refractivity contribution is 7.99. The summed E-state index contributed by atoms with van der Waals surface area (Å²) in [5.41, 5.74) is 3.62. The van der Waals surface area contributed by atoms with Crippen LogP contribution in [0.3, 0.4) is 0 Å². The molecule has 1 aromatic heterocycles. The Kier molecular flexibility index (Phi) is 5.72. The maximum absolute atomic E-state index is 13.3. The highest BCUT2D eigenvalue weighted by Crippen LogP contribution is 2.29. The summed E-state index contributed by atoms with van der Waals surface area (Å²) in [6.07, 6.45) is 0.863. The van der Waals surface area contributed by atoms with Crippen LogP contribution in [0.2, 0.25) is 5.02 Å². The van der Waals surface area contributed by atoms with Crippen LogP contribution in [-0.4, -0.2) is 27.8 Å². The van der Waals surface area contributed by atoms with E-state index in [4.69, 9.17) is 16.6 Å². The van der Waals surface area contributed by atoms with Gasteiger partial charge < -0.3 is 4.90 Å². The number of hydrogen-bond donors (Lipinski definition) is 0. The van der Waals surface area contributed by atoms with Crippen molar-refractivity contribution in [3.8, 4) is 0 Å². The largest absolute Gasteiger partial charge is 0.311 e. The van der Waals surface area contributed by atoms with Gasteiger partial charge in [-0.2, -0.15) is 0 Å². The maximum Gasteiger partial charge on any atom is 0.262 e. The number of benzene rings is 3. The SMILES string of the molecule is O=C(CSc1nc2ccccc2c(=O)n1Cc1ccc(Cl)cc1)N1CCc2ccccc21. The summed E-state index contributed by atoms with van der Waals surface area (Å²) < 4.78 is 1.64. The van der Waals surface area contributed by atoms with E-state index in [0.29, 0.717) is 34.2 Å². The Hall–Kier alpha value is -3.09. The van der Waals surface area contributed by atoms with E-state index >= 15 is 0 Å². The summed E-state index contributed by atoms with van der Waals surface area (Å²) in [5, 5.41) is 1.74. The minimum absolute atomic E-state index is 0.0143. The van der Waals surface area contributed by atoms with Crippen molar-refractivity contribution in [2.45, 2.75) is 18.1 Å². The minimum atomic E-state index is -0.119. The minimum Gasteiger partial charge on any atom is -0.311 e. The summed E-state index contributed by atoms with van der Waals surface area (Å²) in [6.45, 7) is 1.04. The molecule has 0 fully saturated rings. The van der Waals surface area contributed by atoms with Gasteiger partial charge in [-0.1, -0.05) is 65.8 Å². The molecule has 4 aromatic rings. The first-order valence-corrected chi connectivity index (χ1v) is 11.7. The molecule has 0 aliphatic carbocycles. The van der Waals surface area contributed by atoms with Gasteiger partial charge in [0.25, 0.3) is 5.56 Å². The fraction of sp³-hybridized carbons (Fsp3) is 0.160. The molecular weight excluding hydrogens is 442 g/mol. The zero-order chi connectivity index (χ0) is 22.1. The van der Waals surface area contributed by atoms with Crippen molar-refractivity contribution in [2.75, 3.05) is 17.2 Å². The van der Waals surface area contributed by atoms with Crippen molar-refractivity contribution in [1.29, 1.82) is 0 Å². The van der Waals surface area contributed by atoms with Crippen molar-refractivity contribution in [3.05, 3.63) is 99.3 Å². The van der Waals surface area contributed by atoms with Crippen LogP contribution in [0.4, 0.5) is 5.69 Å². The van der Waals surface area contributed by atoms with Gasteiger partial charge in [0.2, 0.25) is 5.91 Å². The number of anilines is 1. The number of amides is 1. The number of carbonyl (C=O) groups is 1. The van der Waals surface area contributed by atoms with Gasteiger partial charge in [0.15, 0.2) is 5.16 Å². The Morgan fingerprint density at radius 2 is 1.75 bits per heavy atom. The zero-order valence-electron chi connectivity index (χ0n) is 17.2. The van der Waals surface area contributed by atoms with E-state index < -0.39 is 0 Å². The summed E-state index contributed by atoms with van der Waals surface area (Å²) in [6, 6.07) is 22.7. The van der Waals surface area contributed by atoms with E-state index in [9.17, 15) is 9.59 Å². The Bertz CT molecular complexity index is 1370. The van der Waals surface area contributed by atoms with Crippen molar-refractivity contribution < 1.29 is 4.79 Å². The number of rotatable bonds is 5. The Morgan fingerprint density at radius 3 is 2.59 bits per heavy atom. The van der Waals surface area contributed by atoms with Crippen molar-refractivity contribution >= 4 is 45.9 Å². The predicted octanol–water partition coefficient (Wildman–Crippen LogP) is 4.78. The number of fused-ring (bicyclic) bond motifs is 2. The first kappa shape index (κ1) is 20.8. The molecule has 5 rings (SSSR count). The predicted molar refractivity (Wildman–Crippen MR) is 130 cm³/mol. The van der Waals surface area contributed by atoms with Gasteiger partial charge in [0, 0.05) is 17.3 Å². The summed E-state index contributed by atoms with van der Waals surface area (Å²) in [7, 11) is 0. The van der Waals surface area contributed by atoms with Gasteiger partial charge in [-0.25, -0.2) is 4.98 Å². The normalized spacial score (nSPS) is 12.8. The van der Waals surface area contributed by atoms with Gasteiger partial charge >= 0.3 is 0 Å². The van der Waals surface area contributed by atoms with E-state index in [1.807, 2.05) is 53.4 Å². The molecule has 1 aliphatic heterocycles. The molecule has 1 amide bonds. The van der Waals surface area contributed by atoms with E-state index in [1.54, 1.807) is 22.8 Å². The highest BCUT2D eigenvalue weighted by Gasteiger charge is 2.24. The molecule has 1 aliphatic rings. The van der Waals surface area contributed by atoms with Crippen LogP contribution < -0.4 is 10.5 Å². The zero-order valence-corrected chi connectivity index (χ0v) is 18.8. The first-order chi connectivity index (χ1) is 15.6. The highest BCUT2D eigenvalue weighted by atomic mass is 35.5. The fourth-order valence-corrected chi connectivity index (χ4v) is 4.97. The fourth-order valence-electron chi connectivity index (χ4n) is 3.97. The standard InChI is InChI=1S/C25H20ClN3O2S/c26-19-11-9-17(10-12-19)15-29-24(31)20-6-2-3-7-21(20)27-25(29)32-16-23(30)28-14-13-18-5-1-4-8-22(18)28/h1-12H,13-16H2. The maximum atomic E-state index is 13.3. The molecule has 32 heavy (non-hydrogen) atoms. The van der Waals surface area contributed by atoms with E-state index in [1.165, 1.54) is 17.3 Å². The van der Waals surface area contributed by atoms with Crippen LogP contribution >= 0.6 is 23.4 Å². The van der Waals surface area contributed by atoms with Crippen LogP contribution in [0.25, 0.3) is 10.9 Å². The van der Waals surface area contributed by atoms with Gasteiger partial charge in [-0.15, -0.1) is 0 Å². The molecule has 0 N–H and O–H groups in total. The molecule has 0 unspecified atom stereocenters. The van der Waals surface area contributed by atoms with E-state index in [2.05, 4.69) is 6.07 Å². The number of para-hydroxylation sites is 2. The molecule has 160 valence electrons. The topological polar surface area (TPSA) is 55.2 Å².